The van der Waals surface area contributed by atoms with Crippen LogP contribution in [0.4, 0.5) is 5.69 Å². The number of rotatable bonds is 5. The normalized spacial score (nSPS) is 13.1. The van der Waals surface area contributed by atoms with E-state index in [0.29, 0.717) is 41.2 Å². The fraction of sp³-hybridized carbons (Fsp3) is 0.350. The molecule has 0 N–H and O–H groups in total. The molecule has 0 saturated carbocycles. The second-order valence-electron chi connectivity index (χ2n) is 6.53. The van der Waals surface area contributed by atoms with E-state index in [1.807, 2.05) is 18.2 Å². The summed E-state index contributed by atoms with van der Waals surface area (Å²) < 4.78 is 11.2. The van der Waals surface area contributed by atoms with Crippen molar-refractivity contribution >= 4 is 23.2 Å². The number of para-hydroxylation sites is 1. The molecule has 2 aromatic carbocycles. The standard InChI is InChI=1S/C20H22ClNO3/c1-13(2)12-25-19-16(21)10-15(11-18(19)24-3)20(23)22-9-8-14-6-4-5-7-17(14)22/h4-7,10-11,13H,8-9,12H2,1-3H3. The highest BCUT2D eigenvalue weighted by atomic mass is 35.5. The van der Waals surface area contributed by atoms with E-state index in [9.17, 15) is 4.79 Å². The predicted molar refractivity (Wildman–Crippen MR) is 100 cm³/mol. The fourth-order valence-electron chi connectivity index (χ4n) is 2.94. The van der Waals surface area contributed by atoms with Gasteiger partial charge in [0.25, 0.3) is 5.91 Å². The lowest BCUT2D eigenvalue weighted by Gasteiger charge is -2.19. The van der Waals surface area contributed by atoms with Crippen LogP contribution in [0, 0.1) is 5.92 Å². The van der Waals surface area contributed by atoms with Crippen molar-refractivity contribution in [2.45, 2.75) is 20.3 Å². The largest absolute Gasteiger partial charge is 0.493 e. The minimum atomic E-state index is -0.0828. The first-order chi connectivity index (χ1) is 12.0. The van der Waals surface area contributed by atoms with Crippen LogP contribution in [-0.4, -0.2) is 26.2 Å². The van der Waals surface area contributed by atoms with E-state index in [1.54, 1.807) is 24.1 Å². The minimum Gasteiger partial charge on any atom is -0.493 e. The highest BCUT2D eigenvalue weighted by Crippen LogP contribution is 2.38. The molecular weight excluding hydrogens is 338 g/mol. The van der Waals surface area contributed by atoms with E-state index >= 15 is 0 Å². The molecule has 0 fully saturated rings. The maximum absolute atomic E-state index is 13.0. The number of nitrogens with zero attached hydrogens (tertiary/aromatic N) is 1. The second-order valence-corrected chi connectivity index (χ2v) is 6.94. The van der Waals surface area contributed by atoms with Crippen LogP contribution in [0.1, 0.15) is 29.8 Å². The predicted octanol–water partition coefficient (Wildman–Crippen LogP) is 4.59. The van der Waals surface area contributed by atoms with Crippen molar-refractivity contribution in [3.63, 3.8) is 0 Å². The number of hydrogen-bond acceptors (Lipinski definition) is 3. The number of benzene rings is 2. The van der Waals surface area contributed by atoms with Gasteiger partial charge in [-0.3, -0.25) is 4.79 Å². The van der Waals surface area contributed by atoms with Crippen LogP contribution in [-0.2, 0) is 6.42 Å². The monoisotopic (exact) mass is 359 g/mol. The van der Waals surface area contributed by atoms with Crippen LogP contribution < -0.4 is 14.4 Å². The van der Waals surface area contributed by atoms with E-state index < -0.39 is 0 Å². The molecule has 1 aliphatic rings. The van der Waals surface area contributed by atoms with Crippen LogP contribution >= 0.6 is 11.6 Å². The van der Waals surface area contributed by atoms with Crippen molar-refractivity contribution in [3.8, 4) is 11.5 Å². The van der Waals surface area contributed by atoms with Gasteiger partial charge in [-0.05, 0) is 36.1 Å². The van der Waals surface area contributed by atoms with E-state index in [1.165, 1.54) is 5.56 Å². The lowest BCUT2D eigenvalue weighted by Crippen LogP contribution is -2.28. The van der Waals surface area contributed by atoms with Gasteiger partial charge in [0.2, 0.25) is 0 Å². The van der Waals surface area contributed by atoms with E-state index in [2.05, 4.69) is 19.9 Å². The maximum atomic E-state index is 13.0. The van der Waals surface area contributed by atoms with Crippen molar-refractivity contribution in [2.24, 2.45) is 5.92 Å². The number of hydrogen-bond donors (Lipinski definition) is 0. The highest BCUT2D eigenvalue weighted by Gasteiger charge is 2.26. The summed E-state index contributed by atoms with van der Waals surface area (Å²) in [5.74, 6) is 1.24. The molecule has 0 aliphatic carbocycles. The quantitative estimate of drug-likeness (QED) is 0.784. The summed E-state index contributed by atoms with van der Waals surface area (Å²) in [4.78, 5) is 14.8. The van der Waals surface area contributed by atoms with Gasteiger partial charge < -0.3 is 14.4 Å². The summed E-state index contributed by atoms with van der Waals surface area (Å²) in [6, 6.07) is 11.3. The zero-order valence-electron chi connectivity index (χ0n) is 14.7. The van der Waals surface area contributed by atoms with E-state index in [0.717, 1.165) is 12.1 Å². The number of fused-ring (bicyclic) bond motifs is 1. The first-order valence-electron chi connectivity index (χ1n) is 8.41. The number of halogens is 1. The van der Waals surface area contributed by atoms with Gasteiger partial charge >= 0.3 is 0 Å². The van der Waals surface area contributed by atoms with Gasteiger partial charge in [-0.1, -0.05) is 43.6 Å². The molecule has 0 radical (unpaired) electrons. The number of amides is 1. The Morgan fingerprint density at radius 2 is 2.04 bits per heavy atom. The summed E-state index contributed by atoms with van der Waals surface area (Å²) in [6.07, 6.45) is 0.863. The molecule has 132 valence electrons. The Bertz CT molecular complexity index is 789. The highest BCUT2D eigenvalue weighted by molar-refractivity contribution is 6.32. The van der Waals surface area contributed by atoms with Crippen LogP contribution in [0.5, 0.6) is 11.5 Å². The molecule has 1 amide bonds. The molecule has 0 atom stereocenters. The molecule has 2 aromatic rings. The zero-order valence-corrected chi connectivity index (χ0v) is 15.5. The summed E-state index contributed by atoms with van der Waals surface area (Å²) in [5, 5.41) is 0.385. The SMILES string of the molecule is COc1cc(C(=O)N2CCc3ccccc32)cc(Cl)c1OCC(C)C. The van der Waals surface area contributed by atoms with Crippen molar-refractivity contribution in [3.05, 3.63) is 52.5 Å². The van der Waals surface area contributed by atoms with Crippen molar-refractivity contribution in [1.29, 1.82) is 0 Å². The summed E-state index contributed by atoms with van der Waals surface area (Å²) in [5.41, 5.74) is 2.64. The Morgan fingerprint density at radius 3 is 2.76 bits per heavy atom. The van der Waals surface area contributed by atoms with E-state index in [4.69, 9.17) is 21.1 Å². The smallest absolute Gasteiger partial charge is 0.258 e. The lowest BCUT2D eigenvalue weighted by atomic mass is 10.1. The van der Waals surface area contributed by atoms with Crippen molar-refractivity contribution < 1.29 is 14.3 Å². The Kier molecular flexibility index (Phi) is 5.19. The third kappa shape index (κ3) is 3.59. The van der Waals surface area contributed by atoms with Gasteiger partial charge in [0.15, 0.2) is 11.5 Å². The Hall–Kier alpha value is -2.20. The molecule has 5 heteroatoms. The molecule has 1 heterocycles. The lowest BCUT2D eigenvalue weighted by molar-refractivity contribution is 0.0989. The van der Waals surface area contributed by atoms with Gasteiger partial charge in [0.05, 0.1) is 18.7 Å². The van der Waals surface area contributed by atoms with Gasteiger partial charge in [-0.15, -0.1) is 0 Å². The number of methoxy groups -OCH3 is 1. The molecule has 0 unspecified atom stereocenters. The number of carbonyl (C=O) groups is 1. The number of carbonyl (C=O) groups excluding carboxylic acids is 1. The van der Waals surface area contributed by atoms with Crippen LogP contribution in [0.2, 0.25) is 5.02 Å². The van der Waals surface area contributed by atoms with Crippen LogP contribution in [0.3, 0.4) is 0 Å². The average molecular weight is 360 g/mol. The topological polar surface area (TPSA) is 38.8 Å². The first kappa shape index (κ1) is 17.6. The van der Waals surface area contributed by atoms with Crippen LogP contribution in [0.15, 0.2) is 36.4 Å². The molecule has 0 aromatic heterocycles. The number of ether oxygens (including phenoxy) is 2. The van der Waals surface area contributed by atoms with Crippen molar-refractivity contribution in [1.82, 2.24) is 0 Å². The van der Waals surface area contributed by atoms with Gasteiger partial charge in [0, 0.05) is 17.8 Å². The third-order valence-electron chi connectivity index (χ3n) is 4.17. The third-order valence-corrected chi connectivity index (χ3v) is 4.45. The Morgan fingerprint density at radius 1 is 1.28 bits per heavy atom. The molecule has 3 rings (SSSR count). The number of anilines is 1. The van der Waals surface area contributed by atoms with E-state index in [-0.39, 0.29) is 5.91 Å². The van der Waals surface area contributed by atoms with Gasteiger partial charge in [0.1, 0.15) is 0 Å². The second kappa shape index (κ2) is 7.36. The fourth-order valence-corrected chi connectivity index (χ4v) is 3.20. The zero-order chi connectivity index (χ0) is 18.0. The molecule has 0 spiro atoms. The summed E-state index contributed by atoms with van der Waals surface area (Å²) in [7, 11) is 1.55. The molecule has 0 saturated heterocycles. The maximum Gasteiger partial charge on any atom is 0.258 e. The Balaban J connectivity index is 1.90. The molecule has 0 bridgehead atoms. The molecule has 25 heavy (non-hydrogen) atoms. The summed E-state index contributed by atoms with van der Waals surface area (Å²) >= 11 is 6.37. The van der Waals surface area contributed by atoms with Crippen molar-refractivity contribution in [2.75, 3.05) is 25.2 Å². The molecule has 4 nitrogen and oxygen atoms in total. The Labute approximate surface area is 153 Å². The van der Waals surface area contributed by atoms with Gasteiger partial charge in [-0.2, -0.15) is 0 Å². The molecule has 1 aliphatic heterocycles. The molecular formula is C20H22ClNO3. The average Bonchev–Trinajstić information content (AvgIpc) is 3.03. The minimum absolute atomic E-state index is 0.0828. The van der Waals surface area contributed by atoms with Gasteiger partial charge in [-0.25, -0.2) is 0 Å². The first-order valence-corrected chi connectivity index (χ1v) is 8.79. The van der Waals surface area contributed by atoms with Crippen LogP contribution in [0.25, 0.3) is 0 Å². The summed E-state index contributed by atoms with van der Waals surface area (Å²) in [6.45, 7) is 5.32.